The van der Waals surface area contributed by atoms with E-state index < -0.39 is 0 Å². The Morgan fingerprint density at radius 2 is 2.28 bits per heavy atom. The van der Waals surface area contributed by atoms with Crippen LogP contribution in [0.25, 0.3) is 0 Å². The number of amides is 1. The van der Waals surface area contributed by atoms with E-state index in [0.717, 1.165) is 0 Å². The van der Waals surface area contributed by atoms with E-state index in [4.69, 9.17) is 10.5 Å². The summed E-state index contributed by atoms with van der Waals surface area (Å²) < 4.78 is 5.79. The van der Waals surface area contributed by atoms with E-state index in [0.29, 0.717) is 28.8 Å². The van der Waals surface area contributed by atoms with E-state index in [1.165, 1.54) is 11.3 Å². The highest BCUT2D eigenvalue weighted by molar-refractivity contribution is 7.17. The standard InChI is InChI=1S/C12H19N3O2S/c1-7-5-15(6-12(3,4)17-7)10(16)9-8(2)14-11(13)18-9/h7H,5-6H2,1-4H3,(H2,13,14). The monoisotopic (exact) mass is 269 g/mol. The van der Waals surface area contributed by atoms with Crippen molar-refractivity contribution in [3.63, 3.8) is 0 Å². The first-order valence-electron chi connectivity index (χ1n) is 5.98. The molecule has 6 heteroatoms. The summed E-state index contributed by atoms with van der Waals surface area (Å²) in [6, 6.07) is 0. The number of rotatable bonds is 1. The Kier molecular flexibility index (Phi) is 3.33. The Morgan fingerprint density at radius 3 is 2.78 bits per heavy atom. The summed E-state index contributed by atoms with van der Waals surface area (Å²) in [5.41, 5.74) is 6.04. The largest absolute Gasteiger partial charge is 0.375 e. The Balaban J connectivity index is 2.21. The zero-order valence-corrected chi connectivity index (χ0v) is 12.0. The molecule has 0 bridgehead atoms. The highest BCUT2D eigenvalue weighted by atomic mass is 32.1. The fraction of sp³-hybridized carbons (Fsp3) is 0.667. The first kappa shape index (κ1) is 13.3. The van der Waals surface area contributed by atoms with Gasteiger partial charge in [-0.2, -0.15) is 0 Å². The smallest absolute Gasteiger partial charge is 0.266 e. The molecular formula is C12H19N3O2S. The number of nitrogens with zero attached hydrogens (tertiary/aromatic N) is 2. The van der Waals surface area contributed by atoms with Crippen molar-refractivity contribution >= 4 is 22.4 Å². The number of thiazole rings is 1. The summed E-state index contributed by atoms with van der Waals surface area (Å²) in [6.45, 7) is 8.99. The molecule has 0 spiro atoms. The van der Waals surface area contributed by atoms with Gasteiger partial charge in [0.1, 0.15) is 4.88 Å². The van der Waals surface area contributed by atoms with E-state index in [1.807, 2.05) is 32.6 Å². The molecule has 1 amide bonds. The predicted octanol–water partition coefficient (Wildman–Crippen LogP) is 1.67. The van der Waals surface area contributed by atoms with Crippen LogP contribution in [0, 0.1) is 6.92 Å². The molecule has 1 aliphatic rings. The van der Waals surface area contributed by atoms with Gasteiger partial charge in [0.05, 0.1) is 17.4 Å². The third kappa shape index (κ3) is 2.64. The molecule has 0 aromatic carbocycles. The minimum atomic E-state index is -0.308. The number of nitrogens with two attached hydrogens (primary N) is 1. The van der Waals surface area contributed by atoms with Crippen molar-refractivity contribution < 1.29 is 9.53 Å². The number of hydrogen-bond acceptors (Lipinski definition) is 5. The number of carbonyl (C=O) groups is 1. The predicted molar refractivity (Wildman–Crippen MR) is 71.8 cm³/mol. The second kappa shape index (κ2) is 4.51. The van der Waals surface area contributed by atoms with Gasteiger partial charge in [0.2, 0.25) is 0 Å². The molecule has 1 atom stereocenters. The number of ether oxygens (including phenoxy) is 1. The van der Waals surface area contributed by atoms with Gasteiger partial charge < -0.3 is 15.4 Å². The molecule has 1 aromatic rings. The van der Waals surface area contributed by atoms with Crippen molar-refractivity contribution in [3.8, 4) is 0 Å². The molecule has 1 unspecified atom stereocenters. The van der Waals surface area contributed by atoms with Gasteiger partial charge in [-0.3, -0.25) is 4.79 Å². The van der Waals surface area contributed by atoms with E-state index >= 15 is 0 Å². The topological polar surface area (TPSA) is 68.5 Å². The molecule has 1 saturated heterocycles. The summed E-state index contributed by atoms with van der Waals surface area (Å²) in [5.74, 6) is 0.00456. The van der Waals surface area contributed by atoms with Crippen LogP contribution in [-0.2, 0) is 4.74 Å². The number of anilines is 1. The maximum absolute atomic E-state index is 12.5. The van der Waals surface area contributed by atoms with Crippen molar-refractivity contribution in [2.75, 3.05) is 18.8 Å². The van der Waals surface area contributed by atoms with Crippen LogP contribution in [0.1, 0.15) is 36.1 Å². The van der Waals surface area contributed by atoms with Crippen LogP contribution >= 0.6 is 11.3 Å². The molecule has 0 radical (unpaired) electrons. The third-order valence-electron chi connectivity index (χ3n) is 2.86. The van der Waals surface area contributed by atoms with Crippen molar-refractivity contribution in [3.05, 3.63) is 10.6 Å². The molecule has 1 aliphatic heterocycles. The van der Waals surface area contributed by atoms with Crippen LogP contribution in [0.4, 0.5) is 5.13 Å². The molecule has 1 fully saturated rings. The van der Waals surface area contributed by atoms with Gasteiger partial charge in [-0.1, -0.05) is 11.3 Å². The van der Waals surface area contributed by atoms with Crippen molar-refractivity contribution in [1.82, 2.24) is 9.88 Å². The highest BCUT2D eigenvalue weighted by Gasteiger charge is 2.35. The normalized spacial score (nSPS) is 23.1. The Labute approximate surface area is 111 Å². The van der Waals surface area contributed by atoms with Crippen LogP contribution < -0.4 is 5.73 Å². The van der Waals surface area contributed by atoms with Gasteiger partial charge in [-0.25, -0.2) is 4.98 Å². The van der Waals surface area contributed by atoms with Gasteiger partial charge in [0.15, 0.2) is 5.13 Å². The zero-order chi connectivity index (χ0) is 13.5. The lowest BCUT2D eigenvalue weighted by Crippen LogP contribution is -2.53. The van der Waals surface area contributed by atoms with E-state index in [9.17, 15) is 4.79 Å². The minimum absolute atomic E-state index is 0.00456. The van der Waals surface area contributed by atoms with Crippen LogP contribution in [-0.4, -0.2) is 40.6 Å². The van der Waals surface area contributed by atoms with Gasteiger partial charge >= 0.3 is 0 Å². The average Bonchev–Trinajstić information content (AvgIpc) is 2.53. The average molecular weight is 269 g/mol. The van der Waals surface area contributed by atoms with Crippen molar-refractivity contribution in [2.45, 2.75) is 39.4 Å². The summed E-state index contributed by atoms with van der Waals surface area (Å²) >= 11 is 1.25. The van der Waals surface area contributed by atoms with Crippen LogP contribution in [0.2, 0.25) is 0 Å². The number of aryl methyl sites for hydroxylation is 1. The van der Waals surface area contributed by atoms with Gasteiger partial charge in [0, 0.05) is 13.1 Å². The second-order valence-corrected chi connectivity index (χ2v) is 6.37. The van der Waals surface area contributed by atoms with Crippen LogP contribution in [0.15, 0.2) is 0 Å². The maximum atomic E-state index is 12.5. The highest BCUT2D eigenvalue weighted by Crippen LogP contribution is 2.26. The Morgan fingerprint density at radius 1 is 1.61 bits per heavy atom. The summed E-state index contributed by atoms with van der Waals surface area (Å²) in [5, 5.41) is 0.441. The summed E-state index contributed by atoms with van der Waals surface area (Å²) in [4.78, 5) is 19.0. The lowest BCUT2D eigenvalue weighted by atomic mass is 10.1. The molecule has 0 saturated carbocycles. The molecule has 2 rings (SSSR count). The number of nitrogen functional groups attached to an aromatic ring is 1. The van der Waals surface area contributed by atoms with Gasteiger partial charge in [-0.05, 0) is 27.7 Å². The Hall–Kier alpha value is -1.14. The molecule has 2 N–H and O–H groups in total. The fourth-order valence-electron chi connectivity index (χ4n) is 2.37. The first-order chi connectivity index (χ1) is 8.28. The molecular weight excluding hydrogens is 250 g/mol. The number of carbonyl (C=O) groups excluding carboxylic acids is 1. The molecule has 100 valence electrons. The number of aromatic nitrogens is 1. The first-order valence-corrected chi connectivity index (χ1v) is 6.80. The van der Waals surface area contributed by atoms with E-state index in [2.05, 4.69) is 4.98 Å². The second-order valence-electron chi connectivity index (χ2n) is 5.34. The number of morpholine rings is 1. The summed E-state index contributed by atoms with van der Waals surface area (Å²) in [7, 11) is 0. The molecule has 0 aliphatic carbocycles. The third-order valence-corrected chi connectivity index (χ3v) is 3.84. The number of hydrogen-bond donors (Lipinski definition) is 1. The summed E-state index contributed by atoms with van der Waals surface area (Å²) in [6.07, 6.45) is 0.0447. The van der Waals surface area contributed by atoms with E-state index in [-0.39, 0.29) is 17.6 Å². The van der Waals surface area contributed by atoms with Crippen LogP contribution in [0.5, 0.6) is 0 Å². The quantitative estimate of drug-likeness (QED) is 0.842. The van der Waals surface area contributed by atoms with E-state index in [1.54, 1.807) is 0 Å². The zero-order valence-electron chi connectivity index (χ0n) is 11.2. The van der Waals surface area contributed by atoms with Gasteiger partial charge in [0.25, 0.3) is 5.91 Å². The Bertz CT molecular complexity index is 470. The lowest BCUT2D eigenvalue weighted by molar-refractivity contribution is -0.118. The fourth-order valence-corrected chi connectivity index (χ4v) is 3.17. The van der Waals surface area contributed by atoms with Crippen molar-refractivity contribution in [1.29, 1.82) is 0 Å². The molecule has 2 heterocycles. The SMILES string of the molecule is Cc1nc(N)sc1C(=O)N1CC(C)OC(C)(C)C1. The maximum Gasteiger partial charge on any atom is 0.266 e. The van der Waals surface area contributed by atoms with Crippen molar-refractivity contribution in [2.24, 2.45) is 0 Å². The lowest BCUT2D eigenvalue weighted by Gasteiger charge is -2.41. The van der Waals surface area contributed by atoms with Gasteiger partial charge in [-0.15, -0.1) is 0 Å². The minimum Gasteiger partial charge on any atom is -0.375 e. The van der Waals surface area contributed by atoms with Crippen LogP contribution in [0.3, 0.4) is 0 Å². The molecule has 18 heavy (non-hydrogen) atoms. The molecule has 5 nitrogen and oxygen atoms in total. The molecule has 1 aromatic heterocycles.